The van der Waals surface area contributed by atoms with Crippen molar-refractivity contribution >= 4 is 49.5 Å². The summed E-state index contributed by atoms with van der Waals surface area (Å²) in [5.41, 5.74) is 2.28. The smallest absolute Gasteiger partial charge is 0.266 e. The first-order valence-corrected chi connectivity index (χ1v) is 9.25. The van der Waals surface area contributed by atoms with Crippen molar-refractivity contribution in [3.8, 4) is 11.8 Å². The summed E-state index contributed by atoms with van der Waals surface area (Å²) in [6.45, 7) is 5.89. The summed E-state index contributed by atoms with van der Waals surface area (Å²) in [7, 11) is 0. The first kappa shape index (κ1) is 20.0. The predicted octanol–water partition coefficient (Wildman–Crippen LogP) is 5.63. The second kappa shape index (κ2) is 9.37. The summed E-state index contributed by atoms with van der Waals surface area (Å²) in [6, 6.07) is 12.9. The van der Waals surface area contributed by atoms with Gasteiger partial charge in [0.2, 0.25) is 0 Å². The number of nitrogens with one attached hydrogen (secondary N) is 1. The number of nitrogens with zero attached hydrogens (tertiary/aromatic N) is 1. The summed E-state index contributed by atoms with van der Waals surface area (Å²) in [5.74, 6) is 0.0473. The number of anilines is 1. The number of carbonyl (C=O) groups is 1. The number of hydrogen-bond acceptors (Lipinski definition) is 3. The zero-order chi connectivity index (χ0) is 19.1. The van der Waals surface area contributed by atoms with Gasteiger partial charge in [-0.25, -0.2) is 0 Å². The van der Waals surface area contributed by atoms with E-state index in [-0.39, 0.29) is 5.57 Å². The highest BCUT2D eigenvalue weighted by atomic mass is 79.9. The van der Waals surface area contributed by atoms with E-state index in [0.29, 0.717) is 28.1 Å². The zero-order valence-corrected chi connectivity index (χ0v) is 17.2. The van der Waals surface area contributed by atoms with Crippen LogP contribution in [-0.2, 0) is 4.79 Å². The van der Waals surface area contributed by atoms with Crippen molar-refractivity contribution in [2.45, 2.75) is 6.92 Å². The summed E-state index contributed by atoms with van der Waals surface area (Å²) in [5, 5.41) is 12.1. The molecule has 0 radical (unpaired) electrons. The maximum Gasteiger partial charge on any atom is 0.266 e. The van der Waals surface area contributed by atoms with Crippen LogP contribution in [0.5, 0.6) is 5.75 Å². The Morgan fingerprint density at radius 3 is 2.62 bits per heavy atom. The van der Waals surface area contributed by atoms with Crippen molar-refractivity contribution in [3.05, 3.63) is 74.7 Å². The van der Waals surface area contributed by atoms with Crippen molar-refractivity contribution in [2.75, 3.05) is 11.9 Å². The molecule has 6 heteroatoms. The quantitative estimate of drug-likeness (QED) is 0.334. The number of nitriles is 1. The average molecular weight is 476 g/mol. The fourth-order valence-electron chi connectivity index (χ4n) is 2.12. The van der Waals surface area contributed by atoms with Gasteiger partial charge >= 0.3 is 0 Å². The maximum atomic E-state index is 12.4. The molecule has 26 heavy (non-hydrogen) atoms. The number of benzene rings is 2. The molecule has 0 heterocycles. The Bertz CT molecular complexity index is 897. The monoisotopic (exact) mass is 474 g/mol. The topological polar surface area (TPSA) is 62.1 Å². The molecule has 0 aliphatic carbocycles. The Balaban J connectivity index is 2.35. The van der Waals surface area contributed by atoms with Gasteiger partial charge < -0.3 is 10.1 Å². The van der Waals surface area contributed by atoms with E-state index >= 15 is 0 Å². The van der Waals surface area contributed by atoms with Crippen molar-refractivity contribution in [3.63, 3.8) is 0 Å². The summed E-state index contributed by atoms with van der Waals surface area (Å²) in [6.07, 6.45) is 3.12. The number of aryl methyl sites for hydroxylation is 1. The van der Waals surface area contributed by atoms with Gasteiger partial charge in [-0.15, -0.1) is 0 Å². The molecule has 132 valence electrons. The van der Waals surface area contributed by atoms with E-state index in [0.717, 1.165) is 10.0 Å². The van der Waals surface area contributed by atoms with Gasteiger partial charge in [-0.05, 0) is 53.2 Å². The van der Waals surface area contributed by atoms with E-state index in [1.165, 1.54) is 6.08 Å². The predicted molar refractivity (Wildman–Crippen MR) is 111 cm³/mol. The second-order valence-electron chi connectivity index (χ2n) is 5.40. The molecule has 1 N–H and O–H groups in total. The van der Waals surface area contributed by atoms with Gasteiger partial charge in [0.1, 0.15) is 24.0 Å². The van der Waals surface area contributed by atoms with Crippen LogP contribution in [0, 0.1) is 18.3 Å². The molecule has 0 atom stereocenters. The molecule has 0 aliphatic heterocycles. The molecule has 0 spiro atoms. The maximum absolute atomic E-state index is 12.4. The number of halogens is 2. The van der Waals surface area contributed by atoms with Crippen LogP contribution in [0.4, 0.5) is 5.69 Å². The van der Waals surface area contributed by atoms with Crippen LogP contribution in [-0.4, -0.2) is 12.5 Å². The lowest BCUT2D eigenvalue weighted by atomic mass is 10.1. The van der Waals surface area contributed by atoms with Gasteiger partial charge in [0, 0.05) is 15.7 Å². The molecular weight excluding hydrogens is 460 g/mol. The minimum absolute atomic E-state index is 0.0287. The standard InChI is InChI=1S/C20H16Br2N2O2/c1-3-8-26-19-14(10-16(21)11-18(19)22)9-15(12-23)20(25)24-17-6-4-13(2)5-7-17/h3-7,9-11H,1,8H2,2H3,(H,24,25)/b15-9+. The third kappa shape index (κ3) is 5.32. The SMILES string of the molecule is C=CCOc1c(Br)cc(Br)cc1/C=C(\C#N)C(=O)Nc1ccc(C)cc1. The van der Waals surface area contributed by atoms with Crippen LogP contribution in [0.15, 0.2) is 63.6 Å². The van der Waals surface area contributed by atoms with Crippen LogP contribution in [0.25, 0.3) is 6.08 Å². The van der Waals surface area contributed by atoms with Gasteiger partial charge in [0.25, 0.3) is 5.91 Å². The highest BCUT2D eigenvalue weighted by Gasteiger charge is 2.14. The van der Waals surface area contributed by atoms with E-state index in [1.54, 1.807) is 24.3 Å². The first-order chi connectivity index (χ1) is 12.4. The molecule has 0 unspecified atom stereocenters. The van der Waals surface area contributed by atoms with Crippen LogP contribution in [0.2, 0.25) is 0 Å². The van der Waals surface area contributed by atoms with Crippen molar-refractivity contribution in [1.82, 2.24) is 0 Å². The summed E-state index contributed by atoms with van der Waals surface area (Å²) < 4.78 is 7.15. The number of ether oxygens (including phenoxy) is 1. The molecule has 0 aromatic heterocycles. The molecule has 0 saturated carbocycles. The molecule has 2 aromatic rings. The Hall–Kier alpha value is -2.36. The van der Waals surface area contributed by atoms with E-state index in [4.69, 9.17) is 4.74 Å². The Labute approximate surface area is 169 Å². The van der Waals surface area contributed by atoms with Crippen LogP contribution in [0.3, 0.4) is 0 Å². The lowest BCUT2D eigenvalue weighted by Gasteiger charge is -2.11. The third-order valence-electron chi connectivity index (χ3n) is 3.36. The molecule has 0 fully saturated rings. The highest BCUT2D eigenvalue weighted by Crippen LogP contribution is 2.34. The van der Waals surface area contributed by atoms with Gasteiger partial charge in [0.05, 0.1) is 4.47 Å². The van der Waals surface area contributed by atoms with Crippen molar-refractivity contribution in [1.29, 1.82) is 5.26 Å². The molecule has 1 amide bonds. The molecule has 4 nitrogen and oxygen atoms in total. The van der Waals surface area contributed by atoms with E-state index < -0.39 is 5.91 Å². The molecule has 0 bridgehead atoms. The normalized spacial score (nSPS) is 10.8. The largest absolute Gasteiger partial charge is 0.488 e. The van der Waals surface area contributed by atoms with E-state index in [2.05, 4.69) is 43.8 Å². The fraction of sp³-hybridized carbons (Fsp3) is 0.100. The Kier molecular flexibility index (Phi) is 7.19. The minimum atomic E-state index is -0.484. The molecule has 0 aliphatic rings. The van der Waals surface area contributed by atoms with Crippen molar-refractivity contribution in [2.24, 2.45) is 0 Å². The Morgan fingerprint density at radius 2 is 2.00 bits per heavy atom. The summed E-state index contributed by atoms with van der Waals surface area (Å²) in [4.78, 5) is 12.4. The second-order valence-corrected chi connectivity index (χ2v) is 7.17. The number of rotatable bonds is 6. The third-order valence-corrected chi connectivity index (χ3v) is 4.40. The Morgan fingerprint density at radius 1 is 1.31 bits per heavy atom. The van der Waals surface area contributed by atoms with E-state index in [9.17, 15) is 10.1 Å². The fourth-order valence-corrected chi connectivity index (χ4v) is 3.49. The number of carbonyl (C=O) groups excluding carboxylic acids is 1. The molecule has 0 saturated heterocycles. The van der Waals surface area contributed by atoms with Gasteiger partial charge in [-0.2, -0.15) is 5.26 Å². The average Bonchev–Trinajstić information content (AvgIpc) is 2.60. The van der Waals surface area contributed by atoms with Crippen LogP contribution < -0.4 is 10.1 Å². The van der Waals surface area contributed by atoms with E-state index in [1.807, 2.05) is 31.2 Å². The highest BCUT2D eigenvalue weighted by molar-refractivity contribution is 9.11. The first-order valence-electron chi connectivity index (χ1n) is 7.67. The lowest BCUT2D eigenvalue weighted by Crippen LogP contribution is -2.13. The van der Waals surface area contributed by atoms with Gasteiger partial charge in [-0.1, -0.05) is 46.3 Å². The number of amides is 1. The van der Waals surface area contributed by atoms with Crippen molar-refractivity contribution < 1.29 is 9.53 Å². The van der Waals surface area contributed by atoms with Crippen LogP contribution in [0.1, 0.15) is 11.1 Å². The lowest BCUT2D eigenvalue weighted by molar-refractivity contribution is -0.112. The molecular formula is C20H16Br2N2O2. The van der Waals surface area contributed by atoms with Crippen LogP contribution >= 0.6 is 31.9 Å². The molecule has 2 rings (SSSR count). The minimum Gasteiger partial charge on any atom is -0.488 e. The zero-order valence-electron chi connectivity index (χ0n) is 14.1. The molecule has 2 aromatic carbocycles. The number of hydrogen-bond donors (Lipinski definition) is 1. The summed E-state index contributed by atoms with van der Waals surface area (Å²) >= 11 is 6.84. The van der Waals surface area contributed by atoms with Gasteiger partial charge in [0.15, 0.2) is 0 Å². The van der Waals surface area contributed by atoms with Gasteiger partial charge in [-0.3, -0.25) is 4.79 Å².